The van der Waals surface area contributed by atoms with Crippen molar-refractivity contribution < 1.29 is 22.7 Å². The number of fused-ring (bicyclic) bond motifs is 1. The molecule has 2 aromatic carbocycles. The van der Waals surface area contributed by atoms with Gasteiger partial charge in [-0.25, -0.2) is 8.42 Å². The molecule has 1 N–H and O–H groups in total. The summed E-state index contributed by atoms with van der Waals surface area (Å²) in [7, 11) is -3.69. The van der Waals surface area contributed by atoms with Crippen LogP contribution < -0.4 is 10.2 Å². The maximum atomic E-state index is 13.1. The Hall–Kier alpha value is -2.75. The van der Waals surface area contributed by atoms with Gasteiger partial charge in [0, 0.05) is 24.5 Å². The molecular weight excluding hydrogens is 418 g/mol. The van der Waals surface area contributed by atoms with Gasteiger partial charge in [-0.05, 0) is 49.7 Å². The van der Waals surface area contributed by atoms with E-state index in [2.05, 4.69) is 5.32 Å². The zero-order valence-corrected chi connectivity index (χ0v) is 18.3. The van der Waals surface area contributed by atoms with Gasteiger partial charge in [0.1, 0.15) is 6.54 Å². The smallest absolute Gasteiger partial charge is 0.244 e. The molecule has 8 nitrogen and oxygen atoms in total. The molecule has 31 heavy (non-hydrogen) atoms. The lowest BCUT2D eigenvalue weighted by atomic mass is 9.86. The van der Waals surface area contributed by atoms with Crippen molar-refractivity contribution in [2.75, 3.05) is 43.1 Å². The molecular formula is C22H25N3O5S. The van der Waals surface area contributed by atoms with E-state index in [9.17, 15) is 18.0 Å². The molecule has 1 fully saturated rings. The molecule has 2 heterocycles. The number of anilines is 2. The lowest BCUT2D eigenvalue weighted by molar-refractivity contribution is -0.124. The predicted octanol–water partition coefficient (Wildman–Crippen LogP) is 1.97. The van der Waals surface area contributed by atoms with Gasteiger partial charge in [0.2, 0.25) is 21.8 Å². The number of nitrogens with one attached hydrogen (secondary N) is 1. The summed E-state index contributed by atoms with van der Waals surface area (Å²) in [6.07, 6.45) is 0. The number of para-hydroxylation sites is 1. The highest BCUT2D eigenvalue weighted by atomic mass is 32.2. The third-order valence-electron chi connectivity index (χ3n) is 5.68. The number of benzene rings is 2. The average molecular weight is 444 g/mol. The zero-order valence-electron chi connectivity index (χ0n) is 17.5. The van der Waals surface area contributed by atoms with Crippen LogP contribution >= 0.6 is 0 Å². The van der Waals surface area contributed by atoms with E-state index in [-0.39, 0.29) is 23.3 Å². The summed E-state index contributed by atoms with van der Waals surface area (Å²) in [4.78, 5) is 27.2. The van der Waals surface area contributed by atoms with Crippen LogP contribution in [0.5, 0.6) is 0 Å². The first-order valence-corrected chi connectivity index (χ1v) is 11.5. The Balaban J connectivity index is 1.61. The number of sulfonamides is 1. The van der Waals surface area contributed by atoms with Crippen molar-refractivity contribution in [3.63, 3.8) is 0 Å². The minimum atomic E-state index is -3.69. The van der Waals surface area contributed by atoms with Gasteiger partial charge >= 0.3 is 0 Å². The summed E-state index contributed by atoms with van der Waals surface area (Å²) in [5.74, 6) is -0.570. The standard InChI is InChI=1S/C22H25N3O5S/c1-22(2)18-14-17(31(28,29)24-10-12-30-13-11-24)8-9-19(18)25(21(22)27)15-20(26)23-16-6-4-3-5-7-16/h3-9,14H,10-13,15H2,1-2H3,(H,23,26). The van der Waals surface area contributed by atoms with Crippen molar-refractivity contribution in [3.8, 4) is 0 Å². The fraction of sp³-hybridized carbons (Fsp3) is 0.364. The number of nitrogens with zero attached hydrogens (tertiary/aromatic N) is 2. The van der Waals surface area contributed by atoms with Crippen LogP contribution in [0.2, 0.25) is 0 Å². The molecule has 164 valence electrons. The average Bonchev–Trinajstić information content (AvgIpc) is 2.95. The highest BCUT2D eigenvalue weighted by molar-refractivity contribution is 7.89. The predicted molar refractivity (Wildman–Crippen MR) is 116 cm³/mol. The number of amides is 2. The van der Waals surface area contributed by atoms with E-state index in [4.69, 9.17) is 4.74 Å². The fourth-order valence-corrected chi connectivity index (χ4v) is 5.37. The fourth-order valence-electron chi connectivity index (χ4n) is 3.93. The minimum Gasteiger partial charge on any atom is -0.379 e. The highest BCUT2D eigenvalue weighted by Gasteiger charge is 2.45. The molecule has 0 spiro atoms. The van der Waals surface area contributed by atoms with Crippen LogP contribution in [0.15, 0.2) is 53.4 Å². The molecule has 0 radical (unpaired) electrons. The number of rotatable bonds is 5. The summed E-state index contributed by atoms with van der Waals surface area (Å²) >= 11 is 0. The largest absolute Gasteiger partial charge is 0.379 e. The Morgan fingerprint density at radius 1 is 1.10 bits per heavy atom. The van der Waals surface area contributed by atoms with E-state index in [1.54, 1.807) is 38.1 Å². The molecule has 2 amide bonds. The second kappa shape index (κ2) is 8.07. The Bertz CT molecular complexity index is 1110. The normalized spacial score (nSPS) is 18.6. The van der Waals surface area contributed by atoms with Crippen molar-refractivity contribution in [1.29, 1.82) is 0 Å². The van der Waals surface area contributed by atoms with Gasteiger partial charge in [0.25, 0.3) is 0 Å². The number of carbonyl (C=O) groups excluding carboxylic acids is 2. The second-order valence-electron chi connectivity index (χ2n) is 8.13. The maximum Gasteiger partial charge on any atom is 0.244 e. The zero-order chi connectivity index (χ0) is 22.2. The van der Waals surface area contributed by atoms with Crippen LogP contribution in [-0.4, -0.2) is 57.4 Å². The van der Waals surface area contributed by atoms with Crippen molar-refractivity contribution in [2.45, 2.75) is 24.2 Å². The lowest BCUT2D eigenvalue weighted by Gasteiger charge is -2.26. The molecule has 0 saturated carbocycles. The molecule has 1 saturated heterocycles. The van der Waals surface area contributed by atoms with Crippen molar-refractivity contribution >= 4 is 33.2 Å². The molecule has 4 rings (SSSR count). The van der Waals surface area contributed by atoms with Crippen molar-refractivity contribution in [3.05, 3.63) is 54.1 Å². The Morgan fingerprint density at radius 2 is 1.77 bits per heavy atom. The molecule has 9 heteroatoms. The molecule has 2 aromatic rings. The first-order valence-electron chi connectivity index (χ1n) is 10.1. The first kappa shape index (κ1) is 21.5. The molecule has 0 aliphatic carbocycles. The number of hydrogen-bond acceptors (Lipinski definition) is 5. The summed E-state index contributed by atoms with van der Waals surface area (Å²) in [6, 6.07) is 13.7. The molecule has 0 unspecified atom stereocenters. The van der Waals surface area contributed by atoms with E-state index >= 15 is 0 Å². The summed E-state index contributed by atoms with van der Waals surface area (Å²) in [6.45, 7) is 4.65. The molecule has 0 atom stereocenters. The number of carbonyl (C=O) groups is 2. The number of ether oxygens (including phenoxy) is 1. The summed E-state index contributed by atoms with van der Waals surface area (Å²) in [5.41, 5.74) is 0.850. The Morgan fingerprint density at radius 3 is 2.45 bits per heavy atom. The van der Waals surface area contributed by atoms with Gasteiger partial charge in [-0.1, -0.05) is 18.2 Å². The van der Waals surface area contributed by atoms with Gasteiger partial charge in [-0.15, -0.1) is 0 Å². The second-order valence-corrected chi connectivity index (χ2v) is 10.1. The van der Waals surface area contributed by atoms with E-state index in [0.29, 0.717) is 43.2 Å². The SMILES string of the molecule is CC1(C)C(=O)N(CC(=O)Nc2ccccc2)c2ccc(S(=O)(=O)N3CCOCC3)cc21. The Labute approximate surface area is 181 Å². The van der Waals surface area contributed by atoms with E-state index in [1.807, 2.05) is 18.2 Å². The minimum absolute atomic E-state index is 0.143. The van der Waals surface area contributed by atoms with Gasteiger partial charge in [-0.2, -0.15) is 4.31 Å². The third kappa shape index (κ3) is 3.96. The highest BCUT2D eigenvalue weighted by Crippen LogP contribution is 2.42. The molecule has 0 bridgehead atoms. The van der Waals surface area contributed by atoms with Crippen LogP contribution in [0.1, 0.15) is 19.4 Å². The molecule has 0 aromatic heterocycles. The monoisotopic (exact) mass is 443 g/mol. The van der Waals surface area contributed by atoms with Crippen molar-refractivity contribution in [2.24, 2.45) is 0 Å². The van der Waals surface area contributed by atoms with Gasteiger partial charge in [0.05, 0.1) is 23.5 Å². The Kier molecular flexibility index (Phi) is 5.59. The molecule has 2 aliphatic rings. The van der Waals surface area contributed by atoms with Crippen LogP contribution in [0.4, 0.5) is 11.4 Å². The third-order valence-corrected chi connectivity index (χ3v) is 7.57. The van der Waals surface area contributed by atoms with E-state index < -0.39 is 15.4 Å². The maximum absolute atomic E-state index is 13.1. The summed E-state index contributed by atoms with van der Waals surface area (Å²) < 4.78 is 32.7. The topological polar surface area (TPSA) is 96.0 Å². The van der Waals surface area contributed by atoms with Crippen LogP contribution in [0.25, 0.3) is 0 Å². The van der Waals surface area contributed by atoms with Crippen LogP contribution in [-0.2, 0) is 29.8 Å². The number of morpholine rings is 1. The quantitative estimate of drug-likeness (QED) is 0.762. The lowest BCUT2D eigenvalue weighted by Crippen LogP contribution is -2.41. The van der Waals surface area contributed by atoms with Crippen LogP contribution in [0, 0.1) is 0 Å². The van der Waals surface area contributed by atoms with Gasteiger partial charge < -0.3 is 15.0 Å². The van der Waals surface area contributed by atoms with E-state index in [0.717, 1.165) is 0 Å². The van der Waals surface area contributed by atoms with Gasteiger partial charge in [-0.3, -0.25) is 9.59 Å². The van der Waals surface area contributed by atoms with Gasteiger partial charge in [0.15, 0.2) is 0 Å². The first-order chi connectivity index (χ1) is 14.7. The van der Waals surface area contributed by atoms with Crippen molar-refractivity contribution in [1.82, 2.24) is 4.31 Å². The number of hydrogen-bond donors (Lipinski definition) is 1. The van der Waals surface area contributed by atoms with Crippen LogP contribution in [0.3, 0.4) is 0 Å². The van der Waals surface area contributed by atoms with E-state index in [1.165, 1.54) is 15.3 Å². The summed E-state index contributed by atoms with van der Waals surface area (Å²) in [5, 5.41) is 2.78. The molecule has 2 aliphatic heterocycles.